The van der Waals surface area contributed by atoms with Crippen molar-refractivity contribution < 1.29 is 17.6 Å². The Balaban J connectivity index is 2.13. The maximum absolute atomic E-state index is 13.4. The van der Waals surface area contributed by atoms with Crippen LogP contribution in [0.15, 0.2) is 18.2 Å². The normalized spacial score (nSPS) is 13.3. The average molecular weight is 305 g/mol. The number of anilines is 1. The molecule has 0 aliphatic heterocycles. The molecule has 0 saturated carbocycles. The number of rotatable bonds is 3. The Labute approximate surface area is 116 Å². The molecule has 1 heterocycles. The van der Waals surface area contributed by atoms with Crippen LogP contribution >= 0.6 is 11.3 Å². The molecule has 0 amide bonds. The molecule has 1 unspecified atom stereocenters. The summed E-state index contributed by atoms with van der Waals surface area (Å²) < 4.78 is 50.6. The van der Waals surface area contributed by atoms with Crippen LogP contribution in [0.1, 0.15) is 29.1 Å². The van der Waals surface area contributed by atoms with Crippen LogP contribution in [-0.2, 0) is 6.18 Å². The SMILES string of the molecule is Cc1ccc(C(C)Nc2nnc(C(F)(F)F)s2)cc1F. The van der Waals surface area contributed by atoms with Crippen molar-refractivity contribution in [1.82, 2.24) is 10.2 Å². The summed E-state index contributed by atoms with van der Waals surface area (Å²) in [7, 11) is 0. The van der Waals surface area contributed by atoms with Crippen molar-refractivity contribution in [3.63, 3.8) is 0 Å². The predicted molar refractivity (Wildman–Crippen MR) is 68.1 cm³/mol. The van der Waals surface area contributed by atoms with E-state index in [1.807, 2.05) is 0 Å². The van der Waals surface area contributed by atoms with Gasteiger partial charge in [-0.3, -0.25) is 0 Å². The second-order valence-corrected chi connectivity index (χ2v) is 5.26. The van der Waals surface area contributed by atoms with E-state index < -0.39 is 11.2 Å². The molecule has 0 fully saturated rings. The zero-order chi connectivity index (χ0) is 14.9. The number of benzene rings is 1. The number of aryl methyl sites for hydroxylation is 1. The van der Waals surface area contributed by atoms with Gasteiger partial charge in [0.15, 0.2) is 0 Å². The fraction of sp³-hybridized carbons (Fsp3) is 0.333. The molecular weight excluding hydrogens is 294 g/mol. The maximum atomic E-state index is 13.4. The van der Waals surface area contributed by atoms with Crippen LogP contribution in [-0.4, -0.2) is 10.2 Å². The highest BCUT2D eigenvalue weighted by molar-refractivity contribution is 7.15. The molecule has 1 aromatic carbocycles. The first kappa shape index (κ1) is 14.7. The lowest BCUT2D eigenvalue weighted by Crippen LogP contribution is -2.07. The van der Waals surface area contributed by atoms with Gasteiger partial charge in [0.1, 0.15) is 5.82 Å². The average Bonchev–Trinajstić information content (AvgIpc) is 2.81. The molecule has 20 heavy (non-hydrogen) atoms. The molecule has 1 aromatic heterocycles. The van der Waals surface area contributed by atoms with Gasteiger partial charge in [-0.25, -0.2) is 4.39 Å². The maximum Gasteiger partial charge on any atom is 0.445 e. The van der Waals surface area contributed by atoms with Gasteiger partial charge in [0.25, 0.3) is 0 Å². The lowest BCUT2D eigenvalue weighted by atomic mass is 10.1. The highest BCUT2D eigenvalue weighted by atomic mass is 32.1. The smallest absolute Gasteiger partial charge is 0.354 e. The molecule has 3 nitrogen and oxygen atoms in total. The van der Waals surface area contributed by atoms with Crippen molar-refractivity contribution in [2.24, 2.45) is 0 Å². The van der Waals surface area contributed by atoms with E-state index >= 15 is 0 Å². The minimum atomic E-state index is -4.50. The van der Waals surface area contributed by atoms with Gasteiger partial charge in [0.2, 0.25) is 10.1 Å². The molecule has 0 bridgehead atoms. The highest BCUT2D eigenvalue weighted by Gasteiger charge is 2.35. The molecule has 8 heteroatoms. The number of alkyl halides is 3. The summed E-state index contributed by atoms with van der Waals surface area (Å²) in [6.45, 7) is 3.34. The van der Waals surface area contributed by atoms with Gasteiger partial charge in [-0.15, -0.1) is 10.2 Å². The number of aromatic nitrogens is 2. The van der Waals surface area contributed by atoms with Crippen LogP contribution in [0.4, 0.5) is 22.7 Å². The summed E-state index contributed by atoms with van der Waals surface area (Å²) in [5, 5.41) is 8.32. The Morgan fingerprint density at radius 2 is 1.95 bits per heavy atom. The third kappa shape index (κ3) is 3.24. The lowest BCUT2D eigenvalue weighted by Gasteiger charge is -2.13. The molecule has 0 aliphatic rings. The number of nitrogens with one attached hydrogen (secondary N) is 1. The monoisotopic (exact) mass is 305 g/mol. The van der Waals surface area contributed by atoms with E-state index in [0.717, 1.165) is 0 Å². The fourth-order valence-electron chi connectivity index (χ4n) is 1.54. The minimum absolute atomic E-state index is 0.0470. The molecule has 0 aliphatic carbocycles. The third-order valence-corrected chi connectivity index (χ3v) is 3.60. The second-order valence-electron chi connectivity index (χ2n) is 4.28. The Bertz CT molecular complexity index is 609. The minimum Gasteiger partial charge on any atom is -0.354 e. The van der Waals surface area contributed by atoms with Crippen LogP contribution in [0, 0.1) is 12.7 Å². The summed E-state index contributed by atoms with van der Waals surface area (Å²) >= 11 is 0.418. The topological polar surface area (TPSA) is 37.8 Å². The van der Waals surface area contributed by atoms with Crippen molar-refractivity contribution in [1.29, 1.82) is 0 Å². The largest absolute Gasteiger partial charge is 0.445 e. The van der Waals surface area contributed by atoms with E-state index in [9.17, 15) is 17.6 Å². The van der Waals surface area contributed by atoms with E-state index in [-0.39, 0.29) is 17.0 Å². The number of hydrogen-bond acceptors (Lipinski definition) is 4. The van der Waals surface area contributed by atoms with Crippen LogP contribution in [0.3, 0.4) is 0 Å². The molecule has 0 spiro atoms. The first-order valence-corrected chi connectivity index (χ1v) is 6.52. The van der Waals surface area contributed by atoms with Gasteiger partial charge in [0.05, 0.1) is 6.04 Å². The Hall–Kier alpha value is -1.70. The van der Waals surface area contributed by atoms with E-state index in [1.54, 1.807) is 26.0 Å². The summed E-state index contributed by atoms with van der Waals surface area (Å²) in [5.41, 5.74) is 1.13. The van der Waals surface area contributed by atoms with Gasteiger partial charge in [-0.05, 0) is 31.0 Å². The quantitative estimate of drug-likeness (QED) is 0.865. The van der Waals surface area contributed by atoms with Crippen molar-refractivity contribution in [3.05, 3.63) is 40.2 Å². The van der Waals surface area contributed by atoms with Crippen LogP contribution < -0.4 is 5.32 Å². The van der Waals surface area contributed by atoms with Crippen molar-refractivity contribution in [2.45, 2.75) is 26.1 Å². The molecular formula is C12H11F4N3S. The Morgan fingerprint density at radius 3 is 2.50 bits per heavy atom. The molecule has 108 valence electrons. The summed E-state index contributed by atoms with van der Waals surface area (Å²) in [5.74, 6) is -0.357. The van der Waals surface area contributed by atoms with Gasteiger partial charge in [-0.2, -0.15) is 13.2 Å². The molecule has 1 N–H and O–H groups in total. The van der Waals surface area contributed by atoms with Gasteiger partial charge in [-0.1, -0.05) is 23.5 Å². The van der Waals surface area contributed by atoms with E-state index in [1.165, 1.54) is 6.07 Å². The first-order chi connectivity index (χ1) is 9.27. The number of halogens is 4. The van der Waals surface area contributed by atoms with Gasteiger partial charge in [0, 0.05) is 0 Å². The van der Waals surface area contributed by atoms with Crippen molar-refractivity contribution in [2.75, 3.05) is 5.32 Å². The first-order valence-electron chi connectivity index (χ1n) is 5.70. The molecule has 2 rings (SSSR count). The Morgan fingerprint density at radius 1 is 1.25 bits per heavy atom. The van der Waals surface area contributed by atoms with Crippen LogP contribution in [0.5, 0.6) is 0 Å². The molecule has 1 atom stereocenters. The zero-order valence-electron chi connectivity index (χ0n) is 10.6. The third-order valence-electron chi connectivity index (χ3n) is 2.70. The highest BCUT2D eigenvalue weighted by Crippen LogP contribution is 2.34. The number of nitrogens with zero attached hydrogens (tertiary/aromatic N) is 2. The van der Waals surface area contributed by atoms with E-state index in [0.29, 0.717) is 22.5 Å². The van der Waals surface area contributed by atoms with Crippen molar-refractivity contribution >= 4 is 16.5 Å². The summed E-state index contributed by atoms with van der Waals surface area (Å²) in [6.07, 6.45) is -4.50. The van der Waals surface area contributed by atoms with Crippen molar-refractivity contribution in [3.8, 4) is 0 Å². The summed E-state index contributed by atoms with van der Waals surface area (Å²) in [6, 6.07) is 4.30. The fourth-order valence-corrected chi connectivity index (χ4v) is 2.24. The Kier molecular flexibility index (Phi) is 3.94. The van der Waals surface area contributed by atoms with E-state index in [4.69, 9.17) is 0 Å². The molecule has 0 saturated heterocycles. The number of hydrogen-bond donors (Lipinski definition) is 1. The molecule has 2 aromatic rings. The zero-order valence-corrected chi connectivity index (χ0v) is 11.4. The standard InChI is InChI=1S/C12H11F4N3S/c1-6-3-4-8(5-9(6)13)7(2)17-11-19-18-10(20-11)12(14,15)16/h3-5,7H,1-2H3,(H,17,19). The summed E-state index contributed by atoms with van der Waals surface area (Å²) in [4.78, 5) is 0. The van der Waals surface area contributed by atoms with E-state index in [2.05, 4.69) is 15.5 Å². The van der Waals surface area contributed by atoms with Gasteiger partial charge >= 0.3 is 6.18 Å². The molecule has 0 radical (unpaired) electrons. The van der Waals surface area contributed by atoms with Crippen LogP contribution in [0.2, 0.25) is 0 Å². The van der Waals surface area contributed by atoms with Gasteiger partial charge < -0.3 is 5.32 Å². The van der Waals surface area contributed by atoms with Crippen LogP contribution in [0.25, 0.3) is 0 Å². The predicted octanol–water partition coefficient (Wildman–Crippen LogP) is 4.18. The lowest BCUT2D eigenvalue weighted by molar-refractivity contribution is -0.138. The second kappa shape index (κ2) is 5.35.